The normalized spacial score (nSPS) is 16.8. The first kappa shape index (κ1) is 16.9. The average molecular weight is 243 g/mol. The van der Waals surface area contributed by atoms with Crippen LogP contribution in [0.25, 0.3) is 0 Å². The van der Waals surface area contributed by atoms with Crippen molar-refractivity contribution in [1.29, 1.82) is 0 Å². The van der Waals surface area contributed by atoms with E-state index in [-0.39, 0.29) is 0 Å². The molecule has 3 unspecified atom stereocenters. The lowest BCUT2D eigenvalue weighted by Crippen LogP contribution is -2.35. The maximum absolute atomic E-state index is 5.06. The lowest BCUT2D eigenvalue weighted by Gasteiger charge is -2.25. The first-order valence-electron chi connectivity index (χ1n) is 7.37. The predicted molar refractivity (Wildman–Crippen MR) is 76.4 cm³/mol. The highest BCUT2D eigenvalue weighted by Gasteiger charge is 2.16. The van der Waals surface area contributed by atoms with E-state index in [0.29, 0.717) is 6.04 Å². The summed E-state index contributed by atoms with van der Waals surface area (Å²) in [4.78, 5) is 0. The smallest absolute Gasteiger partial charge is 0.0587 e. The molecule has 0 bridgehead atoms. The molecule has 0 saturated carbocycles. The molecule has 104 valence electrons. The minimum Gasteiger partial charge on any atom is -0.383 e. The molecule has 17 heavy (non-hydrogen) atoms. The van der Waals surface area contributed by atoms with Crippen LogP contribution in [0.15, 0.2) is 0 Å². The third-order valence-corrected chi connectivity index (χ3v) is 3.87. The van der Waals surface area contributed by atoms with Crippen molar-refractivity contribution >= 4 is 0 Å². The highest BCUT2D eigenvalue weighted by molar-refractivity contribution is 4.72. The molecule has 0 heterocycles. The Morgan fingerprint density at radius 3 is 2.41 bits per heavy atom. The van der Waals surface area contributed by atoms with E-state index < -0.39 is 0 Å². The van der Waals surface area contributed by atoms with Crippen molar-refractivity contribution < 1.29 is 4.74 Å². The maximum Gasteiger partial charge on any atom is 0.0587 e. The summed E-state index contributed by atoms with van der Waals surface area (Å²) in [6, 6.07) is 0.598. The Morgan fingerprint density at radius 2 is 1.88 bits per heavy atom. The molecule has 0 aromatic rings. The quantitative estimate of drug-likeness (QED) is 0.556. The molecule has 0 aliphatic carbocycles. The summed E-state index contributed by atoms with van der Waals surface area (Å²) in [6.45, 7) is 11.1. The first-order valence-corrected chi connectivity index (χ1v) is 7.37. The van der Waals surface area contributed by atoms with Crippen LogP contribution in [-0.2, 0) is 4.74 Å². The van der Waals surface area contributed by atoms with Crippen molar-refractivity contribution in [3.63, 3.8) is 0 Å². The van der Waals surface area contributed by atoms with Gasteiger partial charge in [-0.15, -0.1) is 0 Å². The summed E-state index contributed by atoms with van der Waals surface area (Å²) in [5, 5.41) is 3.54. The molecule has 2 heteroatoms. The Labute approximate surface area is 109 Å². The van der Waals surface area contributed by atoms with Gasteiger partial charge in [-0.3, -0.25) is 0 Å². The minimum absolute atomic E-state index is 0.598. The molecule has 0 spiro atoms. The molecular weight excluding hydrogens is 210 g/mol. The van der Waals surface area contributed by atoms with Gasteiger partial charge in [0.15, 0.2) is 0 Å². The van der Waals surface area contributed by atoms with Gasteiger partial charge in [-0.1, -0.05) is 46.5 Å². The van der Waals surface area contributed by atoms with Gasteiger partial charge < -0.3 is 10.1 Å². The fourth-order valence-corrected chi connectivity index (χ4v) is 2.30. The number of ether oxygens (including phenoxy) is 1. The zero-order chi connectivity index (χ0) is 13.1. The third kappa shape index (κ3) is 8.62. The number of rotatable bonds is 11. The van der Waals surface area contributed by atoms with Gasteiger partial charge >= 0.3 is 0 Å². The summed E-state index contributed by atoms with van der Waals surface area (Å²) < 4.78 is 5.06. The predicted octanol–water partition coefficient (Wildman–Crippen LogP) is 3.85. The van der Waals surface area contributed by atoms with Crippen LogP contribution >= 0.6 is 0 Å². The van der Waals surface area contributed by atoms with E-state index in [1.165, 1.54) is 32.1 Å². The first-order chi connectivity index (χ1) is 8.15. The Balaban J connectivity index is 3.81. The van der Waals surface area contributed by atoms with Crippen molar-refractivity contribution in [3.05, 3.63) is 0 Å². The zero-order valence-electron chi connectivity index (χ0n) is 12.6. The molecule has 1 N–H and O–H groups in total. The Hall–Kier alpha value is -0.0800. The number of hydrogen-bond acceptors (Lipinski definition) is 2. The van der Waals surface area contributed by atoms with Crippen LogP contribution in [0.4, 0.5) is 0 Å². The number of nitrogens with one attached hydrogen (secondary N) is 1. The van der Waals surface area contributed by atoms with E-state index in [4.69, 9.17) is 4.74 Å². The van der Waals surface area contributed by atoms with Gasteiger partial charge in [0.2, 0.25) is 0 Å². The summed E-state index contributed by atoms with van der Waals surface area (Å²) in [6.07, 6.45) is 6.80. The molecule has 0 aliphatic rings. The lowest BCUT2D eigenvalue weighted by molar-refractivity contribution is 0.190. The molecule has 0 rings (SSSR count). The Kier molecular flexibility index (Phi) is 11.0. The second kappa shape index (κ2) is 11.0. The summed E-state index contributed by atoms with van der Waals surface area (Å²) in [5.41, 5.74) is 0. The number of hydrogen-bond donors (Lipinski definition) is 1. The number of unbranched alkanes of at least 4 members (excludes halogenated alkanes) is 1. The Bertz CT molecular complexity index is 161. The van der Waals surface area contributed by atoms with Crippen LogP contribution in [0, 0.1) is 11.8 Å². The van der Waals surface area contributed by atoms with Gasteiger partial charge in [-0.25, -0.2) is 0 Å². The van der Waals surface area contributed by atoms with Crippen molar-refractivity contribution in [2.45, 2.75) is 65.8 Å². The maximum atomic E-state index is 5.06. The van der Waals surface area contributed by atoms with Gasteiger partial charge in [0.05, 0.1) is 6.61 Å². The van der Waals surface area contributed by atoms with Crippen LogP contribution in [-0.4, -0.2) is 26.3 Å². The molecule has 0 amide bonds. The van der Waals surface area contributed by atoms with E-state index in [9.17, 15) is 0 Å². The fourth-order valence-electron chi connectivity index (χ4n) is 2.30. The molecule has 0 radical (unpaired) electrons. The van der Waals surface area contributed by atoms with E-state index in [2.05, 4.69) is 33.0 Å². The standard InChI is InChI=1S/C15H33NO/c1-6-8-9-15(7-2)12-13(3)14(4)16-10-11-17-5/h13-16H,6-12H2,1-5H3. The van der Waals surface area contributed by atoms with Crippen molar-refractivity contribution in [1.82, 2.24) is 5.32 Å². The Morgan fingerprint density at radius 1 is 1.18 bits per heavy atom. The SMILES string of the molecule is CCCCC(CC)CC(C)C(C)NCCOC. The van der Waals surface area contributed by atoms with Crippen LogP contribution < -0.4 is 5.32 Å². The molecule has 0 aromatic heterocycles. The van der Waals surface area contributed by atoms with Crippen LogP contribution in [0.2, 0.25) is 0 Å². The topological polar surface area (TPSA) is 21.3 Å². The molecule has 0 aromatic carbocycles. The van der Waals surface area contributed by atoms with Gasteiger partial charge in [0.25, 0.3) is 0 Å². The van der Waals surface area contributed by atoms with Crippen molar-refractivity contribution in [2.24, 2.45) is 11.8 Å². The highest BCUT2D eigenvalue weighted by atomic mass is 16.5. The molecule has 0 fully saturated rings. The summed E-state index contributed by atoms with van der Waals surface area (Å²) >= 11 is 0. The summed E-state index contributed by atoms with van der Waals surface area (Å²) in [7, 11) is 1.76. The monoisotopic (exact) mass is 243 g/mol. The average Bonchev–Trinajstić information content (AvgIpc) is 2.34. The van der Waals surface area contributed by atoms with Gasteiger partial charge in [0.1, 0.15) is 0 Å². The zero-order valence-corrected chi connectivity index (χ0v) is 12.6. The molecule has 0 aliphatic heterocycles. The summed E-state index contributed by atoms with van der Waals surface area (Å²) in [5.74, 6) is 1.67. The molecule has 3 atom stereocenters. The van der Waals surface area contributed by atoms with E-state index in [0.717, 1.165) is 25.0 Å². The molecule has 0 saturated heterocycles. The second-order valence-corrected chi connectivity index (χ2v) is 5.37. The van der Waals surface area contributed by atoms with Crippen LogP contribution in [0.1, 0.15) is 59.8 Å². The van der Waals surface area contributed by atoms with E-state index >= 15 is 0 Å². The van der Waals surface area contributed by atoms with Gasteiger partial charge in [-0.05, 0) is 25.2 Å². The van der Waals surface area contributed by atoms with Gasteiger partial charge in [0, 0.05) is 19.7 Å². The van der Waals surface area contributed by atoms with Crippen LogP contribution in [0.3, 0.4) is 0 Å². The lowest BCUT2D eigenvalue weighted by atomic mass is 9.86. The molecular formula is C15H33NO. The molecule has 2 nitrogen and oxygen atoms in total. The fraction of sp³-hybridized carbons (Fsp3) is 1.00. The second-order valence-electron chi connectivity index (χ2n) is 5.37. The van der Waals surface area contributed by atoms with E-state index in [1.807, 2.05) is 0 Å². The largest absolute Gasteiger partial charge is 0.383 e. The van der Waals surface area contributed by atoms with Crippen molar-refractivity contribution in [2.75, 3.05) is 20.3 Å². The van der Waals surface area contributed by atoms with Gasteiger partial charge in [-0.2, -0.15) is 0 Å². The van der Waals surface area contributed by atoms with E-state index in [1.54, 1.807) is 7.11 Å². The minimum atomic E-state index is 0.598. The highest BCUT2D eigenvalue weighted by Crippen LogP contribution is 2.23. The third-order valence-electron chi connectivity index (χ3n) is 3.87. The number of methoxy groups -OCH3 is 1. The van der Waals surface area contributed by atoms with Crippen LogP contribution in [0.5, 0.6) is 0 Å². The van der Waals surface area contributed by atoms with Crippen molar-refractivity contribution in [3.8, 4) is 0 Å².